The molecule has 1 heterocycles. The first-order valence-electron chi connectivity index (χ1n) is 4.46. The minimum absolute atomic E-state index is 0.285. The maximum Gasteiger partial charge on any atom is 0.0759 e. The fourth-order valence-corrected chi connectivity index (χ4v) is 1.05. The predicted octanol–water partition coefficient (Wildman–Crippen LogP) is 0.291. The van der Waals surface area contributed by atoms with Crippen molar-refractivity contribution in [1.29, 1.82) is 0 Å². The molecule has 0 fully saturated rings. The van der Waals surface area contributed by atoms with Crippen LogP contribution >= 0.6 is 0 Å². The van der Waals surface area contributed by atoms with Crippen molar-refractivity contribution in [3.63, 3.8) is 0 Å². The lowest BCUT2D eigenvalue weighted by atomic mass is 10.0. The highest BCUT2D eigenvalue weighted by atomic mass is 16.3. The molecule has 1 unspecified atom stereocenters. The molecule has 0 aliphatic heterocycles. The van der Waals surface area contributed by atoms with Gasteiger partial charge in [0.25, 0.3) is 0 Å². The summed E-state index contributed by atoms with van der Waals surface area (Å²) in [7, 11) is 0. The topological polar surface area (TPSA) is 64.1 Å². The zero-order valence-electron chi connectivity index (χ0n) is 8.20. The maximum absolute atomic E-state index is 9.63. The number of rotatable bonds is 4. The van der Waals surface area contributed by atoms with Crippen molar-refractivity contribution in [1.82, 2.24) is 9.78 Å². The first kappa shape index (κ1) is 10.2. The molecule has 3 N–H and O–H groups in total. The monoisotopic (exact) mass is 183 g/mol. The molecule has 0 saturated carbocycles. The molecule has 0 bridgehead atoms. The van der Waals surface area contributed by atoms with Gasteiger partial charge in [-0.1, -0.05) is 0 Å². The van der Waals surface area contributed by atoms with E-state index in [1.54, 1.807) is 6.92 Å². The fourth-order valence-electron chi connectivity index (χ4n) is 1.05. The fraction of sp³-hybridized carbons (Fsp3) is 0.667. The van der Waals surface area contributed by atoms with Gasteiger partial charge in [-0.05, 0) is 26.3 Å². The molecule has 0 aliphatic carbocycles. The molecule has 74 valence electrons. The molecule has 0 saturated heterocycles. The Bertz CT molecular complexity index is 268. The molecule has 1 rings (SSSR count). The second kappa shape index (κ2) is 3.89. The van der Waals surface area contributed by atoms with Crippen molar-refractivity contribution >= 4 is 0 Å². The van der Waals surface area contributed by atoms with E-state index in [1.165, 1.54) is 0 Å². The average Bonchev–Trinajstić information content (AvgIpc) is 2.48. The van der Waals surface area contributed by atoms with Crippen molar-refractivity contribution in [3.05, 3.63) is 18.0 Å². The van der Waals surface area contributed by atoms with E-state index in [1.807, 2.05) is 23.9 Å². The van der Waals surface area contributed by atoms with Crippen molar-refractivity contribution in [3.8, 4) is 0 Å². The van der Waals surface area contributed by atoms with E-state index in [4.69, 9.17) is 5.73 Å². The highest BCUT2D eigenvalue weighted by Crippen LogP contribution is 2.08. The van der Waals surface area contributed by atoms with Crippen molar-refractivity contribution in [2.75, 3.05) is 6.54 Å². The van der Waals surface area contributed by atoms with Crippen molar-refractivity contribution in [2.45, 2.75) is 32.4 Å². The van der Waals surface area contributed by atoms with E-state index in [2.05, 4.69) is 5.10 Å². The number of hydrogen-bond acceptors (Lipinski definition) is 3. The smallest absolute Gasteiger partial charge is 0.0759 e. The summed E-state index contributed by atoms with van der Waals surface area (Å²) in [4.78, 5) is 0. The van der Waals surface area contributed by atoms with Gasteiger partial charge in [-0.25, -0.2) is 0 Å². The van der Waals surface area contributed by atoms with Crippen LogP contribution in [-0.2, 0) is 6.54 Å². The molecule has 13 heavy (non-hydrogen) atoms. The third kappa shape index (κ3) is 3.16. The summed E-state index contributed by atoms with van der Waals surface area (Å²) in [6, 6.07) is 1.94. The maximum atomic E-state index is 9.63. The highest BCUT2D eigenvalue weighted by Gasteiger charge is 2.17. The number of nitrogens with two attached hydrogens (primary N) is 1. The standard InChI is InChI=1S/C9H17N3O/c1-8-3-5-12(11-8)6-4-9(2,13)7-10/h3,5,13H,4,6-7,10H2,1-2H3. The van der Waals surface area contributed by atoms with Crippen LogP contribution in [0.3, 0.4) is 0 Å². The lowest BCUT2D eigenvalue weighted by Gasteiger charge is -2.20. The first-order chi connectivity index (χ1) is 6.03. The Hall–Kier alpha value is -0.870. The van der Waals surface area contributed by atoms with E-state index in [0.717, 1.165) is 5.69 Å². The van der Waals surface area contributed by atoms with Crippen molar-refractivity contribution < 1.29 is 5.11 Å². The van der Waals surface area contributed by atoms with Gasteiger partial charge in [-0.3, -0.25) is 4.68 Å². The molecule has 4 heteroatoms. The second-order valence-corrected chi connectivity index (χ2v) is 3.67. The Morgan fingerprint density at radius 3 is 2.85 bits per heavy atom. The SMILES string of the molecule is Cc1ccn(CCC(C)(O)CN)n1. The summed E-state index contributed by atoms with van der Waals surface area (Å²) in [5.74, 6) is 0. The van der Waals surface area contributed by atoms with Crippen LogP contribution in [0.5, 0.6) is 0 Å². The Balaban J connectivity index is 2.43. The molecule has 1 aromatic heterocycles. The molecule has 4 nitrogen and oxygen atoms in total. The third-order valence-corrected chi connectivity index (χ3v) is 2.09. The van der Waals surface area contributed by atoms with Gasteiger partial charge >= 0.3 is 0 Å². The molecule has 1 aromatic rings. The van der Waals surface area contributed by atoms with E-state index in [9.17, 15) is 5.11 Å². The molecule has 0 amide bonds. The number of aromatic nitrogens is 2. The largest absolute Gasteiger partial charge is 0.389 e. The van der Waals surface area contributed by atoms with Crippen LogP contribution in [0.1, 0.15) is 19.0 Å². The van der Waals surface area contributed by atoms with E-state index in [-0.39, 0.29) is 6.54 Å². The zero-order valence-corrected chi connectivity index (χ0v) is 8.20. The van der Waals surface area contributed by atoms with Crippen LogP contribution in [0, 0.1) is 6.92 Å². The Labute approximate surface area is 78.4 Å². The highest BCUT2D eigenvalue weighted by molar-refractivity contribution is 4.94. The quantitative estimate of drug-likeness (QED) is 0.705. The van der Waals surface area contributed by atoms with Crippen LogP contribution in [-0.4, -0.2) is 27.0 Å². The van der Waals surface area contributed by atoms with E-state index >= 15 is 0 Å². The summed E-state index contributed by atoms with van der Waals surface area (Å²) in [6.45, 7) is 4.67. The lowest BCUT2D eigenvalue weighted by molar-refractivity contribution is 0.0543. The van der Waals surface area contributed by atoms with Crippen LogP contribution in [0.15, 0.2) is 12.3 Å². The summed E-state index contributed by atoms with van der Waals surface area (Å²) >= 11 is 0. The van der Waals surface area contributed by atoms with Gasteiger partial charge in [0.2, 0.25) is 0 Å². The molecular formula is C9H17N3O. The Morgan fingerprint density at radius 1 is 1.69 bits per heavy atom. The van der Waals surface area contributed by atoms with Crippen molar-refractivity contribution in [2.24, 2.45) is 5.73 Å². The van der Waals surface area contributed by atoms with Gasteiger partial charge in [0.1, 0.15) is 0 Å². The Kier molecular flexibility index (Phi) is 3.06. The third-order valence-electron chi connectivity index (χ3n) is 2.09. The minimum atomic E-state index is -0.778. The normalized spacial score (nSPS) is 15.7. The summed E-state index contributed by atoms with van der Waals surface area (Å²) < 4.78 is 1.82. The average molecular weight is 183 g/mol. The molecule has 0 spiro atoms. The summed E-state index contributed by atoms with van der Waals surface area (Å²) in [5.41, 5.74) is 5.61. The van der Waals surface area contributed by atoms with Crippen LogP contribution < -0.4 is 5.73 Å². The van der Waals surface area contributed by atoms with Gasteiger partial charge in [-0.15, -0.1) is 0 Å². The number of nitrogens with zero attached hydrogens (tertiary/aromatic N) is 2. The molecule has 1 atom stereocenters. The predicted molar refractivity (Wildman–Crippen MR) is 51.3 cm³/mol. The number of hydrogen-bond donors (Lipinski definition) is 2. The van der Waals surface area contributed by atoms with Crippen LogP contribution in [0.2, 0.25) is 0 Å². The van der Waals surface area contributed by atoms with Gasteiger partial charge in [0.15, 0.2) is 0 Å². The number of aliphatic hydroxyl groups is 1. The summed E-state index contributed by atoms with van der Waals surface area (Å²) in [5, 5.41) is 13.8. The summed E-state index contributed by atoms with van der Waals surface area (Å²) in [6.07, 6.45) is 2.53. The number of aryl methyl sites for hydroxylation is 2. The van der Waals surface area contributed by atoms with Crippen LogP contribution in [0.25, 0.3) is 0 Å². The van der Waals surface area contributed by atoms with E-state index in [0.29, 0.717) is 13.0 Å². The van der Waals surface area contributed by atoms with Gasteiger partial charge in [-0.2, -0.15) is 5.10 Å². The minimum Gasteiger partial charge on any atom is -0.389 e. The molecular weight excluding hydrogens is 166 g/mol. The van der Waals surface area contributed by atoms with Gasteiger partial charge in [0.05, 0.1) is 11.3 Å². The zero-order chi connectivity index (χ0) is 9.90. The first-order valence-corrected chi connectivity index (χ1v) is 4.46. The van der Waals surface area contributed by atoms with Gasteiger partial charge < -0.3 is 10.8 Å². The lowest BCUT2D eigenvalue weighted by Crippen LogP contribution is -2.35. The molecule has 0 aromatic carbocycles. The second-order valence-electron chi connectivity index (χ2n) is 3.67. The molecule has 0 aliphatic rings. The van der Waals surface area contributed by atoms with E-state index < -0.39 is 5.60 Å². The molecule has 0 radical (unpaired) electrons. The van der Waals surface area contributed by atoms with Crippen LogP contribution in [0.4, 0.5) is 0 Å². The van der Waals surface area contributed by atoms with Gasteiger partial charge in [0, 0.05) is 19.3 Å². The Morgan fingerprint density at radius 2 is 2.38 bits per heavy atom.